The van der Waals surface area contributed by atoms with Crippen molar-refractivity contribution in [2.24, 2.45) is 5.92 Å². The topological polar surface area (TPSA) is 26.3 Å². The summed E-state index contributed by atoms with van der Waals surface area (Å²) < 4.78 is 5.58. The lowest BCUT2D eigenvalue weighted by molar-refractivity contribution is -0.124. The fourth-order valence-corrected chi connectivity index (χ4v) is 1.58. The molecule has 18 heavy (non-hydrogen) atoms. The normalized spacial score (nSPS) is 13.2. The second kappa shape index (κ2) is 6.03. The highest BCUT2D eigenvalue weighted by Crippen LogP contribution is 2.25. The van der Waals surface area contributed by atoms with Crippen LogP contribution < -0.4 is 4.74 Å². The van der Waals surface area contributed by atoms with E-state index in [-0.39, 0.29) is 23.7 Å². The van der Waals surface area contributed by atoms with E-state index in [9.17, 15) is 4.79 Å². The second-order valence-electron chi connectivity index (χ2n) is 5.84. The fraction of sp³-hybridized carbons (Fsp3) is 0.562. The zero-order chi connectivity index (χ0) is 13.8. The molecule has 0 N–H and O–H groups in total. The van der Waals surface area contributed by atoms with Crippen molar-refractivity contribution in [2.75, 3.05) is 6.61 Å². The first-order valence-electron chi connectivity index (χ1n) is 6.60. The zero-order valence-corrected chi connectivity index (χ0v) is 12.1. The lowest BCUT2D eigenvalue weighted by atomic mass is 9.87. The van der Waals surface area contributed by atoms with E-state index in [1.165, 1.54) is 5.56 Å². The first-order chi connectivity index (χ1) is 8.34. The van der Waals surface area contributed by atoms with E-state index in [2.05, 4.69) is 26.8 Å². The Balaban J connectivity index is 2.66. The van der Waals surface area contributed by atoms with Gasteiger partial charge in [0.15, 0.2) is 5.78 Å². The molecule has 1 rings (SSSR count). The summed E-state index contributed by atoms with van der Waals surface area (Å²) in [4.78, 5) is 11.7. The van der Waals surface area contributed by atoms with Crippen LogP contribution in [0.2, 0.25) is 0 Å². The van der Waals surface area contributed by atoms with E-state index < -0.39 is 0 Å². The molecule has 0 fully saturated rings. The molecule has 0 aliphatic heterocycles. The molecule has 0 amide bonds. The Hall–Kier alpha value is -1.31. The van der Waals surface area contributed by atoms with Gasteiger partial charge in [-0.3, -0.25) is 4.79 Å². The molecule has 0 heterocycles. The van der Waals surface area contributed by atoms with Crippen molar-refractivity contribution in [3.05, 3.63) is 29.8 Å². The van der Waals surface area contributed by atoms with Gasteiger partial charge >= 0.3 is 0 Å². The van der Waals surface area contributed by atoms with Gasteiger partial charge in [0.05, 0.1) is 0 Å². The van der Waals surface area contributed by atoms with Crippen molar-refractivity contribution in [3.8, 4) is 5.75 Å². The van der Waals surface area contributed by atoms with E-state index in [1.807, 2.05) is 32.0 Å². The van der Waals surface area contributed by atoms with Gasteiger partial charge in [-0.2, -0.15) is 0 Å². The maximum atomic E-state index is 11.7. The molecule has 1 unspecified atom stereocenters. The molecule has 2 nitrogen and oxygen atoms in total. The van der Waals surface area contributed by atoms with Gasteiger partial charge in [0.25, 0.3) is 0 Å². The van der Waals surface area contributed by atoms with Gasteiger partial charge in [-0.05, 0) is 29.5 Å². The van der Waals surface area contributed by atoms with Gasteiger partial charge in [0.1, 0.15) is 12.4 Å². The standard InChI is InChI=1S/C16H24O2/c1-6-12(2)15(17)11-18-14-9-7-8-13(10-14)16(3,4)5/h7-10,12H,6,11H2,1-5H3. The zero-order valence-electron chi connectivity index (χ0n) is 12.1. The van der Waals surface area contributed by atoms with Gasteiger partial charge in [-0.25, -0.2) is 0 Å². The van der Waals surface area contributed by atoms with E-state index in [0.717, 1.165) is 12.2 Å². The number of hydrogen-bond acceptors (Lipinski definition) is 2. The minimum atomic E-state index is 0.0794. The predicted octanol–water partition coefficient (Wildman–Crippen LogP) is 3.98. The monoisotopic (exact) mass is 248 g/mol. The predicted molar refractivity (Wildman–Crippen MR) is 75.1 cm³/mol. The quantitative estimate of drug-likeness (QED) is 0.788. The highest BCUT2D eigenvalue weighted by Gasteiger charge is 2.15. The molecule has 0 radical (unpaired) electrons. The average Bonchev–Trinajstić information content (AvgIpc) is 2.34. The second-order valence-corrected chi connectivity index (χ2v) is 5.84. The summed E-state index contributed by atoms with van der Waals surface area (Å²) in [5.74, 6) is 1.02. The summed E-state index contributed by atoms with van der Waals surface area (Å²) in [6.07, 6.45) is 0.865. The lowest BCUT2D eigenvalue weighted by Crippen LogP contribution is -2.19. The van der Waals surface area contributed by atoms with Gasteiger partial charge in [-0.15, -0.1) is 0 Å². The Labute approximate surface area is 110 Å². The van der Waals surface area contributed by atoms with Crippen LogP contribution >= 0.6 is 0 Å². The number of Topliss-reactive ketones (excluding diaryl/α,β-unsaturated/α-hetero) is 1. The number of hydrogen-bond donors (Lipinski definition) is 0. The smallest absolute Gasteiger partial charge is 0.172 e. The third kappa shape index (κ3) is 4.17. The van der Waals surface area contributed by atoms with Crippen LogP contribution in [0.15, 0.2) is 24.3 Å². The third-order valence-corrected chi connectivity index (χ3v) is 3.24. The molecule has 0 spiro atoms. The molecule has 0 aromatic heterocycles. The van der Waals surface area contributed by atoms with E-state index in [4.69, 9.17) is 4.74 Å². The van der Waals surface area contributed by atoms with Crippen LogP contribution in [0, 0.1) is 5.92 Å². The molecule has 0 aliphatic carbocycles. The largest absolute Gasteiger partial charge is 0.486 e. The number of ketones is 1. The molecule has 1 aromatic carbocycles. The van der Waals surface area contributed by atoms with Crippen LogP contribution in [0.25, 0.3) is 0 Å². The number of rotatable bonds is 5. The summed E-state index contributed by atoms with van der Waals surface area (Å²) >= 11 is 0. The molecular formula is C16H24O2. The minimum Gasteiger partial charge on any atom is -0.486 e. The van der Waals surface area contributed by atoms with Crippen molar-refractivity contribution in [1.82, 2.24) is 0 Å². The molecule has 100 valence electrons. The molecule has 0 saturated carbocycles. The first-order valence-corrected chi connectivity index (χ1v) is 6.60. The molecule has 2 heteroatoms. The van der Waals surface area contributed by atoms with E-state index >= 15 is 0 Å². The Bertz CT molecular complexity index is 402. The Morgan fingerprint density at radius 3 is 2.56 bits per heavy atom. The Morgan fingerprint density at radius 2 is 2.00 bits per heavy atom. The van der Waals surface area contributed by atoms with Crippen molar-refractivity contribution in [1.29, 1.82) is 0 Å². The summed E-state index contributed by atoms with van der Waals surface area (Å²) in [6.45, 7) is 10.6. The van der Waals surface area contributed by atoms with E-state index in [1.54, 1.807) is 0 Å². The van der Waals surface area contributed by atoms with Crippen LogP contribution in [0.1, 0.15) is 46.6 Å². The lowest BCUT2D eigenvalue weighted by Gasteiger charge is -2.19. The Kier molecular flexibility index (Phi) is 4.94. The highest BCUT2D eigenvalue weighted by molar-refractivity contribution is 5.82. The average molecular weight is 248 g/mol. The van der Waals surface area contributed by atoms with Crippen molar-refractivity contribution >= 4 is 5.78 Å². The van der Waals surface area contributed by atoms with Crippen LogP contribution in [-0.2, 0) is 10.2 Å². The number of benzene rings is 1. The Morgan fingerprint density at radius 1 is 1.33 bits per heavy atom. The van der Waals surface area contributed by atoms with Crippen molar-refractivity contribution in [2.45, 2.75) is 46.5 Å². The fourth-order valence-electron chi connectivity index (χ4n) is 1.58. The van der Waals surface area contributed by atoms with Gasteiger partial charge in [-0.1, -0.05) is 46.8 Å². The first kappa shape index (κ1) is 14.7. The van der Waals surface area contributed by atoms with Crippen LogP contribution in [0.4, 0.5) is 0 Å². The van der Waals surface area contributed by atoms with Gasteiger partial charge in [0, 0.05) is 5.92 Å². The van der Waals surface area contributed by atoms with E-state index in [0.29, 0.717) is 0 Å². The number of ether oxygens (including phenoxy) is 1. The summed E-state index contributed by atoms with van der Waals surface area (Å²) in [6, 6.07) is 7.98. The van der Waals surface area contributed by atoms with Crippen LogP contribution in [0.5, 0.6) is 5.75 Å². The number of carbonyl (C=O) groups is 1. The van der Waals surface area contributed by atoms with Crippen molar-refractivity contribution < 1.29 is 9.53 Å². The van der Waals surface area contributed by atoms with Crippen LogP contribution in [-0.4, -0.2) is 12.4 Å². The molecule has 1 atom stereocenters. The molecule has 0 aliphatic rings. The highest BCUT2D eigenvalue weighted by atomic mass is 16.5. The molecule has 0 bridgehead atoms. The summed E-state index contributed by atoms with van der Waals surface area (Å²) in [7, 11) is 0. The SMILES string of the molecule is CCC(C)C(=O)COc1cccc(C(C)(C)C)c1. The van der Waals surface area contributed by atoms with Crippen molar-refractivity contribution in [3.63, 3.8) is 0 Å². The molecule has 0 saturated heterocycles. The van der Waals surface area contributed by atoms with Gasteiger partial charge < -0.3 is 4.74 Å². The third-order valence-electron chi connectivity index (χ3n) is 3.24. The molecular weight excluding hydrogens is 224 g/mol. The summed E-state index contributed by atoms with van der Waals surface area (Å²) in [5.41, 5.74) is 1.32. The van der Waals surface area contributed by atoms with Gasteiger partial charge in [0.2, 0.25) is 0 Å². The maximum Gasteiger partial charge on any atom is 0.172 e. The van der Waals surface area contributed by atoms with Crippen LogP contribution in [0.3, 0.4) is 0 Å². The minimum absolute atomic E-state index is 0.0794. The molecule has 1 aromatic rings. The maximum absolute atomic E-state index is 11.7. The summed E-state index contributed by atoms with van der Waals surface area (Å²) in [5, 5.41) is 0. The number of carbonyl (C=O) groups excluding carboxylic acids is 1.